The molecule has 0 aliphatic carbocycles. The van der Waals surface area contributed by atoms with Gasteiger partial charge in [-0.1, -0.05) is 29.8 Å². The van der Waals surface area contributed by atoms with Crippen molar-refractivity contribution in [3.05, 3.63) is 41.1 Å². The summed E-state index contributed by atoms with van der Waals surface area (Å²) in [7, 11) is 0. The monoisotopic (exact) mass is 341 g/mol. The number of hydrogen-bond acceptors (Lipinski definition) is 5. The summed E-state index contributed by atoms with van der Waals surface area (Å²) in [6.07, 6.45) is 0.313. The molecule has 1 saturated heterocycles. The zero-order valence-corrected chi connectivity index (χ0v) is 14.6. The highest BCUT2D eigenvalue weighted by Crippen LogP contribution is 2.27. The Labute approximate surface area is 147 Å². The molecule has 25 heavy (non-hydrogen) atoms. The van der Waals surface area contributed by atoms with Crippen molar-refractivity contribution in [3.8, 4) is 11.4 Å². The van der Waals surface area contributed by atoms with Crippen molar-refractivity contribution >= 4 is 11.5 Å². The van der Waals surface area contributed by atoms with Crippen LogP contribution in [-0.2, 0) is 6.42 Å². The van der Waals surface area contributed by atoms with Crippen molar-refractivity contribution in [3.63, 3.8) is 0 Å². The van der Waals surface area contributed by atoms with Crippen LogP contribution in [0.3, 0.4) is 0 Å². The van der Waals surface area contributed by atoms with Crippen LogP contribution in [0.2, 0.25) is 0 Å². The standard InChI is InChI=1S/C19H24FN5/c1-11-3-5-13(6-4-11)19-24-16(17(12(2)21)18(22)25-19)9-14-7-8-23-10-15(14)20/h3-6,14-15,21,23H,7-10H2,1-2H3,(H2,22,24,25). The van der Waals surface area contributed by atoms with Gasteiger partial charge in [0.2, 0.25) is 0 Å². The number of nitrogens with two attached hydrogens (primary N) is 1. The second kappa shape index (κ2) is 7.27. The van der Waals surface area contributed by atoms with Gasteiger partial charge in [-0.25, -0.2) is 14.4 Å². The third-order valence-corrected chi connectivity index (χ3v) is 4.69. The van der Waals surface area contributed by atoms with Gasteiger partial charge in [0.05, 0.1) is 11.3 Å². The third-order valence-electron chi connectivity index (χ3n) is 4.69. The Bertz CT molecular complexity index is 772. The predicted molar refractivity (Wildman–Crippen MR) is 98.7 cm³/mol. The molecule has 2 unspecified atom stereocenters. The Morgan fingerprint density at radius 2 is 2.04 bits per heavy atom. The molecular weight excluding hydrogens is 317 g/mol. The summed E-state index contributed by atoms with van der Waals surface area (Å²) in [5, 5.41) is 11.1. The quantitative estimate of drug-likeness (QED) is 0.746. The number of hydrogen-bond donors (Lipinski definition) is 3. The van der Waals surface area contributed by atoms with Crippen LogP contribution >= 0.6 is 0 Å². The molecule has 1 aromatic heterocycles. The van der Waals surface area contributed by atoms with Gasteiger partial charge in [-0.2, -0.15) is 0 Å². The lowest BCUT2D eigenvalue weighted by Crippen LogP contribution is -2.39. The number of rotatable bonds is 4. The summed E-state index contributed by atoms with van der Waals surface area (Å²) in [6.45, 7) is 4.86. The van der Waals surface area contributed by atoms with Crippen LogP contribution in [0.4, 0.5) is 10.2 Å². The molecule has 0 amide bonds. The van der Waals surface area contributed by atoms with E-state index in [4.69, 9.17) is 11.1 Å². The number of piperidine rings is 1. The Morgan fingerprint density at radius 3 is 2.68 bits per heavy atom. The van der Waals surface area contributed by atoms with Crippen molar-refractivity contribution in [1.82, 2.24) is 15.3 Å². The SMILES string of the molecule is CC(=N)c1c(N)nc(-c2ccc(C)cc2)nc1CC1CCNCC1F. The maximum Gasteiger partial charge on any atom is 0.161 e. The van der Waals surface area contributed by atoms with Crippen molar-refractivity contribution in [2.24, 2.45) is 5.92 Å². The summed E-state index contributed by atoms with van der Waals surface area (Å²) < 4.78 is 14.2. The number of aryl methyl sites for hydroxylation is 1. The first kappa shape index (κ1) is 17.5. The number of benzene rings is 1. The number of aromatic nitrogens is 2. The van der Waals surface area contributed by atoms with Gasteiger partial charge in [0.25, 0.3) is 0 Å². The van der Waals surface area contributed by atoms with E-state index in [1.165, 1.54) is 0 Å². The van der Waals surface area contributed by atoms with Crippen LogP contribution in [0.25, 0.3) is 11.4 Å². The van der Waals surface area contributed by atoms with Gasteiger partial charge in [0, 0.05) is 17.8 Å². The van der Waals surface area contributed by atoms with E-state index < -0.39 is 6.17 Å². The second-order valence-electron chi connectivity index (χ2n) is 6.72. The van der Waals surface area contributed by atoms with Crippen LogP contribution in [0.15, 0.2) is 24.3 Å². The summed E-state index contributed by atoms with van der Waals surface area (Å²) in [5.41, 5.74) is 9.68. The minimum atomic E-state index is -0.911. The highest BCUT2D eigenvalue weighted by atomic mass is 19.1. The molecule has 2 heterocycles. The van der Waals surface area contributed by atoms with Crippen molar-refractivity contribution in [1.29, 1.82) is 5.41 Å². The molecule has 0 radical (unpaired) electrons. The number of nitrogens with zero attached hydrogens (tertiary/aromatic N) is 2. The van der Waals surface area contributed by atoms with Gasteiger partial charge in [-0.15, -0.1) is 0 Å². The summed E-state index contributed by atoms with van der Waals surface area (Å²) in [6, 6.07) is 7.89. The number of nitrogens with one attached hydrogen (secondary N) is 2. The second-order valence-corrected chi connectivity index (χ2v) is 6.72. The van der Waals surface area contributed by atoms with Gasteiger partial charge >= 0.3 is 0 Å². The lowest BCUT2D eigenvalue weighted by molar-refractivity contribution is 0.178. The van der Waals surface area contributed by atoms with E-state index in [1.807, 2.05) is 31.2 Å². The van der Waals surface area contributed by atoms with Crippen LogP contribution in [0.1, 0.15) is 30.2 Å². The van der Waals surface area contributed by atoms with E-state index in [9.17, 15) is 4.39 Å². The molecular formula is C19H24FN5. The summed E-state index contributed by atoms with van der Waals surface area (Å²) >= 11 is 0. The van der Waals surface area contributed by atoms with Gasteiger partial charge in [0.15, 0.2) is 5.82 Å². The molecule has 2 atom stereocenters. The fourth-order valence-corrected chi connectivity index (χ4v) is 3.27. The topological polar surface area (TPSA) is 87.7 Å². The molecule has 132 valence electrons. The third kappa shape index (κ3) is 3.85. The van der Waals surface area contributed by atoms with E-state index >= 15 is 0 Å². The fraction of sp³-hybridized carbons (Fsp3) is 0.421. The molecule has 0 spiro atoms. The number of nitrogen functional groups attached to an aromatic ring is 1. The highest BCUT2D eigenvalue weighted by Gasteiger charge is 2.27. The highest BCUT2D eigenvalue weighted by molar-refractivity contribution is 6.01. The van der Waals surface area contributed by atoms with Gasteiger partial charge in [0.1, 0.15) is 12.0 Å². The molecule has 4 N–H and O–H groups in total. The zero-order valence-electron chi connectivity index (χ0n) is 14.6. The number of halogens is 1. The summed E-state index contributed by atoms with van der Waals surface area (Å²) in [4.78, 5) is 9.05. The van der Waals surface area contributed by atoms with Gasteiger partial charge in [-0.3, -0.25) is 0 Å². The first-order valence-corrected chi connectivity index (χ1v) is 8.59. The maximum absolute atomic E-state index is 14.2. The molecule has 1 aromatic carbocycles. The van der Waals surface area contributed by atoms with Crippen LogP contribution in [0.5, 0.6) is 0 Å². The van der Waals surface area contributed by atoms with Crippen LogP contribution in [-0.4, -0.2) is 34.9 Å². The minimum absolute atomic E-state index is 0.112. The van der Waals surface area contributed by atoms with Crippen molar-refractivity contribution in [2.45, 2.75) is 32.9 Å². The largest absolute Gasteiger partial charge is 0.383 e. The average molecular weight is 341 g/mol. The first-order chi connectivity index (χ1) is 12.0. The Morgan fingerprint density at radius 1 is 1.32 bits per heavy atom. The zero-order chi connectivity index (χ0) is 18.0. The van der Waals surface area contributed by atoms with E-state index in [2.05, 4.69) is 15.3 Å². The number of alkyl halides is 1. The smallest absolute Gasteiger partial charge is 0.161 e. The van der Waals surface area contributed by atoms with E-state index in [-0.39, 0.29) is 11.7 Å². The van der Waals surface area contributed by atoms with E-state index in [0.717, 1.165) is 24.1 Å². The molecule has 1 fully saturated rings. The maximum atomic E-state index is 14.2. The van der Waals surface area contributed by atoms with Gasteiger partial charge < -0.3 is 16.5 Å². The molecule has 0 bridgehead atoms. The Balaban J connectivity index is 2.01. The van der Waals surface area contributed by atoms with Crippen molar-refractivity contribution in [2.75, 3.05) is 18.8 Å². The lowest BCUT2D eigenvalue weighted by atomic mass is 9.89. The molecule has 1 aliphatic rings. The van der Waals surface area contributed by atoms with E-state index in [0.29, 0.717) is 35.8 Å². The number of anilines is 1. The Kier molecular flexibility index (Phi) is 5.08. The average Bonchev–Trinajstić information content (AvgIpc) is 2.57. The summed E-state index contributed by atoms with van der Waals surface area (Å²) in [5.74, 6) is 0.707. The molecule has 6 heteroatoms. The molecule has 2 aromatic rings. The Hall–Kier alpha value is -2.34. The van der Waals surface area contributed by atoms with Crippen LogP contribution < -0.4 is 11.1 Å². The lowest BCUT2D eigenvalue weighted by Gasteiger charge is -2.27. The predicted octanol–water partition coefficient (Wildman–Crippen LogP) is 2.91. The molecule has 1 aliphatic heterocycles. The molecule has 0 saturated carbocycles. The van der Waals surface area contributed by atoms with E-state index in [1.54, 1.807) is 6.92 Å². The first-order valence-electron chi connectivity index (χ1n) is 8.59. The van der Waals surface area contributed by atoms with Gasteiger partial charge in [-0.05, 0) is 39.2 Å². The normalized spacial score (nSPS) is 20.4. The van der Waals surface area contributed by atoms with Crippen LogP contribution in [0, 0.1) is 18.3 Å². The van der Waals surface area contributed by atoms with Crippen molar-refractivity contribution < 1.29 is 4.39 Å². The minimum Gasteiger partial charge on any atom is -0.383 e. The molecule has 3 rings (SSSR count). The fourth-order valence-electron chi connectivity index (χ4n) is 3.27. The molecule has 5 nitrogen and oxygen atoms in total.